The van der Waals surface area contributed by atoms with Crippen LogP contribution in [0.2, 0.25) is 5.02 Å². The van der Waals surface area contributed by atoms with Crippen molar-refractivity contribution in [3.63, 3.8) is 0 Å². The second-order valence-electron chi connectivity index (χ2n) is 6.71. The first-order valence-electron chi connectivity index (χ1n) is 9.10. The molecule has 136 valence electrons. The number of rotatable bonds is 4. The fourth-order valence-electron chi connectivity index (χ4n) is 3.26. The number of nitrogens with one attached hydrogen (secondary N) is 2. The van der Waals surface area contributed by atoms with Crippen molar-refractivity contribution in [1.82, 2.24) is 5.32 Å². The summed E-state index contributed by atoms with van der Waals surface area (Å²) in [6.07, 6.45) is 6.86. The van der Waals surface area contributed by atoms with E-state index in [-0.39, 0.29) is 17.9 Å². The Morgan fingerprint density at radius 3 is 2.19 bits per heavy atom. The maximum Gasteiger partial charge on any atom is 0.255 e. The molecule has 26 heavy (non-hydrogen) atoms. The molecule has 1 saturated carbocycles. The van der Waals surface area contributed by atoms with E-state index in [4.69, 9.17) is 11.6 Å². The van der Waals surface area contributed by atoms with E-state index >= 15 is 0 Å². The quantitative estimate of drug-likeness (QED) is 0.740. The number of halogens is 1. The fraction of sp³-hybridized carbons (Fsp3) is 0.333. The third kappa shape index (κ3) is 5.09. The normalized spacial score (nSPS) is 15.1. The largest absolute Gasteiger partial charge is 0.349 e. The number of amides is 2. The number of carbonyl (C=O) groups is 2. The maximum absolute atomic E-state index is 12.5. The first kappa shape index (κ1) is 18.5. The molecule has 2 aromatic rings. The highest BCUT2D eigenvalue weighted by Gasteiger charge is 2.17. The molecular formula is C21H23ClN2O2. The molecule has 1 aliphatic rings. The molecule has 2 amide bonds. The van der Waals surface area contributed by atoms with E-state index in [0.29, 0.717) is 21.8 Å². The number of benzene rings is 2. The van der Waals surface area contributed by atoms with E-state index in [1.807, 2.05) is 0 Å². The Morgan fingerprint density at radius 1 is 0.846 bits per heavy atom. The average Bonchev–Trinajstić information content (AvgIpc) is 2.90. The highest BCUT2D eigenvalue weighted by Crippen LogP contribution is 2.19. The zero-order valence-corrected chi connectivity index (χ0v) is 15.4. The van der Waals surface area contributed by atoms with E-state index in [9.17, 15) is 9.59 Å². The number of anilines is 1. The van der Waals surface area contributed by atoms with Gasteiger partial charge in [0.15, 0.2) is 0 Å². The molecule has 1 aliphatic carbocycles. The van der Waals surface area contributed by atoms with Crippen molar-refractivity contribution in [1.29, 1.82) is 0 Å². The van der Waals surface area contributed by atoms with Gasteiger partial charge in [-0.2, -0.15) is 0 Å². The molecule has 0 aromatic heterocycles. The van der Waals surface area contributed by atoms with Gasteiger partial charge in [-0.15, -0.1) is 0 Å². The van der Waals surface area contributed by atoms with Gasteiger partial charge in [0.2, 0.25) is 0 Å². The van der Waals surface area contributed by atoms with Gasteiger partial charge in [0.1, 0.15) is 0 Å². The van der Waals surface area contributed by atoms with Crippen LogP contribution in [0.25, 0.3) is 0 Å². The highest BCUT2D eigenvalue weighted by atomic mass is 35.5. The van der Waals surface area contributed by atoms with Crippen molar-refractivity contribution in [3.05, 3.63) is 64.7 Å². The summed E-state index contributed by atoms with van der Waals surface area (Å²) in [4.78, 5) is 25.0. The molecule has 0 radical (unpaired) electrons. The van der Waals surface area contributed by atoms with Gasteiger partial charge in [0, 0.05) is 27.9 Å². The molecule has 0 unspecified atom stereocenters. The van der Waals surface area contributed by atoms with Gasteiger partial charge in [-0.1, -0.05) is 49.4 Å². The summed E-state index contributed by atoms with van der Waals surface area (Å²) in [6, 6.07) is 14.0. The Hall–Kier alpha value is -2.33. The van der Waals surface area contributed by atoms with Crippen LogP contribution >= 0.6 is 11.6 Å². The van der Waals surface area contributed by atoms with Gasteiger partial charge in [-0.05, 0) is 49.2 Å². The van der Waals surface area contributed by atoms with Crippen LogP contribution in [0, 0.1) is 0 Å². The molecular weight excluding hydrogens is 348 g/mol. The lowest BCUT2D eigenvalue weighted by Crippen LogP contribution is -2.34. The van der Waals surface area contributed by atoms with Gasteiger partial charge in [0.25, 0.3) is 11.8 Å². The zero-order chi connectivity index (χ0) is 18.4. The minimum Gasteiger partial charge on any atom is -0.349 e. The van der Waals surface area contributed by atoms with Crippen molar-refractivity contribution in [3.8, 4) is 0 Å². The van der Waals surface area contributed by atoms with E-state index in [0.717, 1.165) is 25.7 Å². The Morgan fingerprint density at radius 2 is 1.50 bits per heavy atom. The second kappa shape index (κ2) is 8.86. The molecule has 0 spiro atoms. The van der Waals surface area contributed by atoms with E-state index in [1.54, 1.807) is 48.5 Å². The summed E-state index contributed by atoms with van der Waals surface area (Å²) in [5.41, 5.74) is 1.57. The maximum atomic E-state index is 12.5. The lowest BCUT2D eigenvalue weighted by atomic mass is 10.1. The Labute approximate surface area is 158 Å². The molecule has 0 heterocycles. The van der Waals surface area contributed by atoms with Gasteiger partial charge in [-0.3, -0.25) is 9.59 Å². The van der Waals surface area contributed by atoms with Crippen LogP contribution in [0.15, 0.2) is 48.5 Å². The third-order valence-corrected chi connectivity index (χ3v) is 4.89. The number of hydrogen-bond donors (Lipinski definition) is 2. The van der Waals surface area contributed by atoms with Gasteiger partial charge in [0.05, 0.1) is 0 Å². The molecule has 0 atom stereocenters. The SMILES string of the molecule is O=C(Nc1cccc(Cl)c1)c1cccc(C(=O)NC2CCCCCC2)c1. The van der Waals surface area contributed by atoms with Gasteiger partial charge >= 0.3 is 0 Å². The Kier molecular flexibility index (Phi) is 6.29. The lowest BCUT2D eigenvalue weighted by Gasteiger charge is -2.16. The van der Waals surface area contributed by atoms with Crippen LogP contribution in [0.4, 0.5) is 5.69 Å². The van der Waals surface area contributed by atoms with E-state index in [1.165, 1.54) is 12.8 Å². The summed E-state index contributed by atoms with van der Waals surface area (Å²) in [6.45, 7) is 0. The topological polar surface area (TPSA) is 58.2 Å². The molecule has 1 fully saturated rings. The average molecular weight is 371 g/mol. The Balaban J connectivity index is 1.66. The van der Waals surface area contributed by atoms with Crippen molar-refractivity contribution >= 4 is 29.1 Å². The van der Waals surface area contributed by atoms with Gasteiger partial charge < -0.3 is 10.6 Å². The van der Waals surface area contributed by atoms with Crippen molar-refractivity contribution in [2.24, 2.45) is 0 Å². The molecule has 0 saturated heterocycles. The molecule has 4 nitrogen and oxygen atoms in total. The minimum absolute atomic E-state index is 0.116. The standard InChI is InChI=1S/C21H23ClN2O2/c22-17-9-6-12-19(14-17)24-21(26)16-8-5-7-15(13-16)20(25)23-18-10-3-1-2-4-11-18/h5-9,12-14,18H,1-4,10-11H2,(H,23,25)(H,24,26). The van der Waals surface area contributed by atoms with Gasteiger partial charge in [-0.25, -0.2) is 0 Å². The number of hydrogen-bond acceptors (Lipinski definition) is 2. The van der Waals surface area contributed by atoms with Crippen molar-refractivity contribution in [2.45, 2.75) is 44.6 Å². The summed E-state index contributed by atoms with van der Waals surface area (Å²) >= 11 is 5.94. The predicted molar refractivity (Wildman–Crippen MR) is 105 cm³/mol. The molecule has 0 aliphatic heterocycles. The highest BCUT2D eigenvalue weighted by molar-refractivity contribution is 6.31. The smallest absolute Gasteiger partial charge is 0.255 e. The van der Waals surface area contributed by atoms with Crippen molar-refractivity contribution < 1.29 is 9.59 Å². The van der Waals surface area contributed by atoms with E-state index < -0.39 is 0 Å². The fourth-order valence-corrected chi connectivity index (χ4v) is 3.45. The first-order chi connectivity index (χ1) is 12.6. The van der Waals surface area contributed by atoms with Crippen LogP contribution in [-0.2, 0) is 0 Å². The van der Waals surface area contributed by atoms with Crippen LogP contribution in [-0.4, -0.2) is 17.9 Å². The first-order valence-corrected chi connectivity index (χ1v) is 9.47. The molecule has 2 N–H and O–H groups in total. The lowest BCUT2D eigenvalue weighted by molar-refractivity contribution is 0.0933. The minimum atomic E-state index is -0.267. The predicted octanol–water partition coefficient (Wildman–Crippen LogP) is 5.04. The molecule has 5 heteroatoms. The zero-order valence-electron chi connectivity index (χ0n) is 14.6. The van der Waals surface area contributed by atoms with Crippen LogP contribution in [0.5, 0.6) is 0 Å². The van der Waals surface area contributed by atoms with Crippen LogP contribution < -0.4 is 10.6 Å². The summed E-state index contributed by atoms with van der Waals surface area (Å²) in [5.74, 6) is -0.384. The molecule has 0 bridgehead atoms. The molecule has 3 rings (SSSR count). The van der Waals surface area contributed by atoms with Crippen molar-refractivity contribution in [2.75, 3.05) is 5.32 Å². The summed E-state index contributed by atoms with van der Waals surface area (Å²) in [7, 11) is 0. The van der Waals surface area contributed by atoms with E-state index in [2.05, 4.69) is 10.6 Å². The monoisotopic (exact) mass is 370 g/mol. The Bertz CT molecular complexity index is 783. The van der Waals surface area contributed by atoms with Crippen LogP contribution in [0.3, 0.4) is 0 Å². The summed E-state index contributed by atoms with van der Waals surface area (Å²) < 4.78 is 0. The third-order valence-electron chi connectivity index (χ3n) is 4.66. The second-order valence-corrected chi connectivity index (χ2v) is 7.14. The summed E-state index contributed by atoms with van der Waals surface area (Å²) in [5, 5.41) is 6.47. The van der Waals surface area contributed by atoms with Crippen LogP contribution in [0.1, 0.15) is 59.2 Å². The molecule has 2 aromatic carbocycles. The number of carbonyl (C=O) groups excluding carboxylic acids is 2.